The molecule has 2 rings (SSSR count). The quantitative estimate of drug-likeness (QED) is 0.879. The lowest BCUT2D eigenvalue weighted by Crippen LogP contribution is -1.98. The summed E-state index contributed by atoms with van der Waals surface area (Å²) in [6.07, 6.45) is 1.51. The zero-order chi connectivity index (χ0) is 12.3. The van der Waals surface area contributed by atoms with Crippen molar-refractivity contribution < 1.29 is 14.2 Å². The van der Waals surface area contributed by atoms with E-state index in [2.05, 4.69) is 9.97 Å². The van der Waals surface area contributed by atoms with E-state index in [4.69, 9.17) is 9.84 Å². The molecule has 0 aliphatic rings. The van der Waals surface area contributed by atoms with Gasteiger partial charge in [0.2, 0.25) is 0 Å². The van der Waals surface area contributed by atoms with Crippen LogP contribution < -0.4 is 4.74 Å². The van der Waals surface area contributed by atoms with Gasteiger partial charge in [-0.2, -0.15) is 0 Å². The maximum Gasteiger partial charge on any atom is 0.165 e. The van der Waals surface area contributed by atoms with Crippen LogP contribution in [0.1, 0.15) is 5.69 Å². The van der Waals surface area contributed by atoms with Gasteiger partial charge in [-0.3, -0.25) is 0 Å². The highest BCUT2D eigenvalue weighted by atomic mass is 19.1. The third-order valence-electron chi connectivity index (χ3n) is 2.29. The van der Waals surface area contributed by atoms with Crippen molar-refractivity contribution in [3.05, 3.63) is 42.0 Å². The Kier molecular flexibility index (Phi) is 3.30. The summed E-state index contributed by atoms with van der Waals surface area (Å²) in [5, 5.41) is 8.99. The Hall–Kier alpha value is -2.01. The smallest absolute Gasteiger partial charge is 0.165 e. The van der Waals surface area contributed by atoms with Crippen molar-refractivity contribution in [2.75, 3.05) is 7.11 Å². The molecule has 0 aliphatic heterocycles. The molecule has 0 spiro atoms. The molecule has 0 bridgehead atoms. The normalized spacial score (nSPS) is 10.3. The summed E-state index contributed by atoms with van der Waals surface area (Å²) in [6.45, 7) is -0.187. The Morgan fingerprint density at radius 2 is 2.18 bits per heavy atom. The lowest BCUT2D eigenvalue weighted by Gasteiger charge is -2.08. The molecule has 4 nitrogen and oxygen atoms in total. The molecular weight excluding hydrogens is 223 g/mol. The minimum atomic E-state index is -0.469. The van der Waals surface area contributed by atoms with Gasteiger partial charge in [0.25, 0.3) is 0 Å². The highest BCUT2D eigenvalue weighted by molar-refractivity contribution is 5.64. The fraction of sp³-hybridized carbons (Fsp3) is 0.167. The molecule has 0 amide bonds. The maximum absolute atomic E-state index is 13.5. The molecule has 1 N–H and O–H groups in total. The maximum atomic E-state index is 13.5. The Balaban J connectivity index is 2.55. The van der Waals surface area contributed by atoms with Crippen LogP contribution in [0.5, 0.6) is 5.75 Å². The summed E-state index contributed by atoms with van der Waals surface area (Å²) in [7, 11) is 1.39. The summed E-state index contributed by atoms with van der Waals surface area (Å²) >= 11 is 0. The molecule has 0 saturated heterocycles. The van der Waals surface area contributed by atoms with Gasteiger partial charge in [-0.1, -0.05) is 6.07 Å². The topological polar surface area (TPSA) is 55.2 Å². The number of halogens is 1. The van der Waals surface area contributed by atoms with Gasteiger partial charge < -0.3 is 9.84 Å². The lowest BCUT2D eigenvalue weighted by atomic mass is 10.1. The van der Waals surface area contributed by atoms with Crippen molar-refractivity contribution in [1.82, 2.24) is 9.97 Å². The highest BCUT2D eigenvalue weighted by Gasteiger charge is 2.12. The number of nitrogens with zero attached hydrogens (tertiary/aromatic N) is 2. The summed E-state index contributed by atoms with van der Waals surface area (Å²) in [5.41, 5.74) is 0.934. The van der Waals surface area contributed by atoms with Crippen molar-refractivity contribution in [3.63, 3.8) is 0 Å². The zero-order valence-electron chi connectivity index (χ0n) is 9.22. The number of rotatable bonds is 3. The second kappa shape index (κ2) is 4.88. The van der Waals surface area contributed by atoms with Crippen LogP contribution in [0.2, 0.25) is 0 Å². The number of ether oxygens (including phenoxy) is 1. The van der Waals surface area contributed by atoms with Crippen molar-refractivity contribution in [3.8, 4) is 17.1 Å². The second-order valence-electron chi connectivity index (χ2n) is 3.35. The van der Waals surface area contributed by atoms with E-state index < -0.39 is 5.82 Å². The molecule has 0 atom stereocenters. The van der Waals surface area contributed by atoms with Gasteiger partial charge in [-0.15, -0.1) is 0 Å². The third-order valence-corrected chi connectivity index (χ3v) is 2.29. The van der Waals surface area contributed by atoms with E-state index in [0.29, 0.717) is 17.1 Å². The molecule has 0 unspecified atom stereocenters. The molecule has 0 saturated carbocycles. The van der Waals surface area contributed by atoms with E-state index >= 15 is 0 Å². The van der Waals surface area contributed by atoms with Gasteiger partial charge in [-0.25, -0.2) is 14.4 Å². The molecule has 0 radical (unpaired) electrons. The molecule has 0 fully saturated rings. The first-order valence-corrected chi connectivity index (χ1v) is 5.02. The average molecular weight is 234 g/mol. The van der Waals surface area contributed by atoms with Gasteiger partial charge in [0, 0.05) is 6.20 Å². The van der Waals surface area contributed by atoms with Gasteiger partial charge in [-0.05, 0) is 18.2 Å². The van der Waals surface area contributed by atoms with Crippen molar-refractivity contribution >= 4 is 0 Å². The van der Waals surface area contributed by atoms with Crippen LogP contribution >= 0.6 is 0 Å². The number of aliphatic hydroxyl groups is 1. The number of methoxy groups -OCH3 is 1. The largest absolute Gasteiger partial charge is 0.493 e. The SMILES string of the molecule is COc1c(F)cccc1-c1nccc(CO)n1. The number of aliphatic hydroxyl groups excluding tert-OH is 1. The Labute approximate surface area is 97.7 Å². The number of hydrogen-bond acceptors (Lipinski definition) is 4. The zero-order valence-corrected chi connectivity index (χ0v) is 9.22. The molecule has 1 aromatic carbocycles. The molecule has 17 heavy (non-hydrogen) atoms. The van der Waals surface area contributed by atoms with Gasteiger partial charge in [0.05, 0.1) is 25.0 Å². The average Bonchev–Trinajstić information content (AvgIpc) is 2.38. The van der Waals surface area contributed by atoms with Crippen LogP contribution in [-0.4, -0.2) is 22.2 Å². The van der Waals surface area contributed by atoms with Crippen LogP contribution in [0.15, 0.2) is 30.5 Å². The van der Waals surface area contributed by atoms with Crippen molar-refractivity contribution in [1.29, 1.82) is 0 Å². The predicted octanol–water partition coefficient (Wildman–Crippen LogP) is 1.78. The van der Waals surface area contributed by atoms with Gasteiger partial charge in [0.15, 0.2) is 17.4 Å². The van der Waals surface area contributed by atoms with Crippen LogP contribution in [0.25, 0.3) is 11.4 Å². The first-order valence-electron chi connectivity index (χ1n) is 5.02. The summed E-state index contributed by atoms with van der Waals surface area (Å²) < 4.78 is 18.5. The number of para-hydroxylation sites is 1. The molecule has 0 aliphatic carbocycles. The van der Waals surface area contributed by atoms with Gasteiger partial charge >= 0.3 is 0 Å². The van der Waals surface area contributed by atoms with E-state index in [1.54, 1.807) is 18.2 Å². The first-order chi connectivity index (χ1) is 8.26. The standard InChI is InChI=1S/C12H11FN2O2/c1-17-11-9(3-2-4-10(11)13)12-14-6-5-8(7-16)15-12/h2-6,16H,7H2,1H3. The predicted molar refractivity (Wildman–Crippen MR) is 59.9 cm³/mol. The minimum Gasteiger partial charge on any atom is -0.493 e. The monoisotopic (exact) mass is 234 g/mol. The third kappa shape index (κ3) is 2.24. The minimum absolute atomic E-state index is 0.0996. The summed E-state index contributed by atoms with van der Waals surface area (Å²) in [4.78, 5) is 8.14. The van der Waals surface area contributed by atoms with Crippen LogP contribution in [0, 0.1) is 5.82 Å². The van der Waals surface area contributed by atoms with Crippen LogP contribution in [0.4, 0.5) is 4.39 Å². The molecular formula is C12H11FN2O2. The van der Waals surface area contributed by atoms with Crippen molar-refractivity contribution in [2.45, 2.75) is 6.61 Å². The number of hydrogen-bond donors (Lipinski definition) is 1. The molecule has 5 heteroatoms. The van der Waals surface area contributed by atoms with Crippen LogP contribution in [-0.2, 0) is 6.61 Å². The molecule has 88 valence electrons. The van der Waals surface area contributed by atoms with E-state index in [0.717, 1.165) is 0 Å². The first kappa shape index (κ1) is 11.5. The van der Waals surface area contributed by atoms with Crippen LogP contribution in [0.3, 0.4) is 0 Å². The van der Waals surface area contributed by atoms with E-state index in [9.17, 15) is 4.39 Å². The Bertz CT molecular complexity index is 532. The Morgan fingerprint density at radius 3 is 2.88 bits per heavy atom. The van der Waals surface area contributed by atoms with E-state index in [1.165, 1.54) is 19.4 Å². The molecule has 1 heterocycles. The molecule has 2 aromatic rings. The van der Waals surface area contributed by atoms with Crippen molar-refractivity contribution in [2.24, 2.45) is 0 Å². The van der Waals surface area contributed by atoms with E-state index in [-0.39, 0.29) is 12.4 Å². The van der Waals surface area contributed by atoms with Gasteiger partial charge in [0.1, 0.15) is 0 Å². The van der Waals surface area contributed by atoms with E-state index in [1.807, 2.05) is 0 Å². The second-order valence-corrected chi connectivity index (χ2v) is 3.35. The number of benzene rings is 1. The highest BCUT2D eigenvalue weighted by Crippen LogP contribution is 2.29. The summed E-state index contributed by atoms with van der Waals surface area (Å²) in [6, 6.07) is 6.12. The fourth-order valence-corrected chi connectivity index (χ4v) is 1.51. The fourth-order valence-electron chi connectivity index (χ4n) is 1.51. The molecule has 1 aromatic heterocycles. The summed E-state index contributed by atoms with van der Waals surface area (Å²) in [5.74, 6) is -0.0431. The lowest BCUT2D eigenvalue weighted by molar-refractivity contribution is 0.277. The number of aromatic nitrogens is 2. The Morgan fingerprint density at radius 1 is 1.35 bits per heavy atom.